The molecule has 0 spiro atoms. The lowest BCUT2D eigenvalue weighted by Gasteiger charge is -2.18. The van der Waals surface area contributed by atoms with Gasteiger partial charge in [-0.1, -0.05) is 35.9 Å². The van der Waals surface area contributed by atoms with Gasteiger partial charge in [-0.05, 0) is 44.7 Å². The molecule has 6 heteroatoms. The molecule has 0 bridgehead atoms. The molecule has 1 N–H and O–H groups in total. The first kappa shape index (κ1) is 17.3. The van der Waals surface area contributed by atoms with E-state index < -0.39 is 0 Å². The maximum absolute atomic E-state index is 8.88. The first-order valence-electron chi connectivity index (χ1n) is 8.80. The number of aryl methyl sites for hydroxylation is 1. The van der Waals surface area contributed by atoms with Gasteiger partial charge < -0.3 is 10.0 Å². The molecule has 2 heterocycles. The van der Waals surface area contributed by atoms with Crippen molar-refractivity contribution in [2.45, 2.75) is 44.2 Å². The summed E-state index contributed by atoms with van der Waals surface area (Å²) < 4.78 is 2.20. The average molecular weight is 347 g/mol. The van der Waals surface area contributed by atoms with Gasteiger partial charge in [0.1, 0.15) is 0 Å². The van der Waals surface area contributed by atoms with Crippen LogP contribution in [0.4, 0.5) is 5.95 Å². The monoisotopic (exact) mass is 346 g/mol. The molecule has 1 aliphatic heterocycles. The molecule has 0 amide bonds. The third kappa shape index (κ3) is 4.11. The smallest absolute Gasteiger partial charge is 0.232 e. The molecule has 5 nitrogen and oxygen atoms in total. The van der Waals surface area contributed by atoms with Gasteiger partial charge in [0.2, 0.25) is 5.95 Å². The maximum Gasteiger partial charge on any atom is 0.232 e. The Bertz CT molecular complexity index is 635. The van der Waals surface area contributed by atoms with Crippen LogP contribution in [-0.2, 0) is 0 Å². The number of hydrogen-bond donors (Lipinski definition) is 1. The Morgan fingerprint density at radius 2 is 1.79 bits per heavy atom. The lowest BCUT2D eigenvalue weighted by atomic mass is 10.2. The standard InChI is InChI=1S/C18H26N4OS/c1-15-7-9-16(10-8-15)22-17(21-11-3-4-12-21)19-20-18(22)24-14-6-2-5-13-23/h7-10,23H,2-6,11-14H2,1H3. The SMILES string of the molecule is Cc1ccc(-n2c(SCCCCCO)nnc2N2CCCC2)cc1. The molecule has 2 aromatic rings. The fourth-order valence-electron chi connectivity index (χ4n) is 2.95. The number of benzene rings is 1. The summed E-state index contributed by atoms with van der Waals surface area (Å²) in [6, 6.07) is 8.57. The van der Waals surface area contributed by atoms with Crippen LogP contribution in [0.2, 0.25) is 0 Å². The van der Waals surface area contributed by atoms with Crippen molar-refractivity contribution in [3.63, 3.8) is 0 Å². The summed E-state index contributed by atoms with van der Waals surface area (Å²) in [7, 11) is 0. The van der Waals surface area contributed by atoms with Gasteiger partial charge in [-0.25, -0.2) is 0 Å². The fourth-order valence-corrected chi connectivity index (χ4v) is 3.90. The van der Waals surface area contributed by atoms with Gasteiger partial charge in [0.15, 0.2) is 5.16 Å². The summed E-state index contributed by atoms with van der Waals surface area (Å²) in [6.45, 7) is 4.51. The van der Waals surface area contributed by atoms with Gasteiger partial charge >= 0.3 is 0 Å². The van der Waals surface area contributed by atoms with Crippen LogP contribution in [0, 0.1) is 6.92 Å². The number of aliphatic hydroxyl groups excluding tert-OH is 1. The van der Waals surface area contributed by atoms with Crippen LogP contribution in [-0.4, -0.2) is 45.3 Å². The summed E-state index contributed by atoms with van der Waals surface area (Å²) >= 11 is 1.76. The molecule has 3 rings (SSSR count). The second-order valence-corrected chi connectivity index (χ2v) is 7.34. The van der Waals surface area contributed by atoms with E-state index in [1.165, 1.54) is 18.4 Å². The van der Waals surface area contributed by atoms with Gasteiger partial charge in [0.25, 0.3) is 0 Å². The Labute approximate surface area is 148 Å². The highest BCUT2D eigenvalue weighted by atomic mass is 32.2. The van der Waals surface area contributed by atoms with Crippen molar-refractivity contribution in [3.05, 3.63) is 29.8 Å². The summed E-state index contributed by atoms with van der Waals surface area (Å²) in [5.41, 5.74) is 2.39. The van der Waals surface area contributed by atoms with Crippen LogP contribution in [0.25, 0.3) is 5.69 Å². The Kier molecular flexibility index (Phi) is 6.15. The third-order valence-electron chi connectivity index (χ3n) is 4.33. The second kappa shape index (κ2) is 8.53. The van der Waals surface area contributed by atoms with Crippen molar-refractivity contribution in [3.8, 4) is 5.69 Å². The topological polar surface area (TPSA) is 54.2 Å². The zero-order chi connectivity index (χ0) is 16.8. The zero-order valence-corrected chi connectivity index (χ0v) is 15.1. The predicted molar refractivity (Wildman–Crippen MR) is 99.2 cm³/mol. The summed E-state index contributed by atoms with van der Waals surface area (Å²) in [4.78, 5) is 2.34. The molecule has 1 fully saturated rings. The lowest BCUT2D eigenvalue weighted by molar-refractivity contribution is 0.284. The molecular formula is C18H26N4OS. The van der Waals surface area contributed by atoms with E-state index >= 15 is 0 Å². The van der Waals surface area contributed by atoms with Crippen molar-refractivity contribution in [1.82, 2.24) is 14.8 Å². The number of thioether (sulfide) groups is 1. The molecule has 0 unspecified atom stereocenters. The molecule has 1 aliphatic rings. The fraction of sp³-hybridized carbons (Fsp3) is 0.556. The number of unbranched alkanes of at least 4 members (excludes halogenated alkanes) is 2. The summed E-state index contributed by atoms with van der Waals surface area (Å²) in [5.74, 6) is 1.97. The van der Waals surface area contributed by atoms with Crippen LogP contribution >= 0.6 is 11.8 Å². The number of nitrogens with zero attached hydrogens (tertiary/aromatic N) is 4. The van der Waals surface area contributed by atoms with E-state index in [0.717, 1.165) is 54.9 Å². The van der Waals surface area contributed by atoms with Crippen LogP contribution in [0.5, 0.6) is 0 Å². The normalized spacial score (nSPS) is 14.5. The molecular weight excluding hydrogens is 320 g/mol. The van der Waals surface area contributed by atoms with E-state index in [0.29, 0.717) is 0 Å². The van der Waals surface area contributed by atoms with Crippen molar-refractivity contribution >= 4 is 17.7 Å². The van der Waals surface area contributed by atoms with Crippen LogP contribution in [0.1, 0.15) is 37.7 Å². The van der Waals surface area contributed by atoms with Crippen LogP contribution < -0.4 is 4.90 Å². The van der Waals surface area contributed by atoms with Crippen LogP contribution in [0.3, 0.4) is 0 Å². The van der Waals surface area contributed by atoms with Crippen molar-refractivity contribution in [1.29, 1.82) is 0 Å². The molecule has 0 radical (unpaired) electrons. The largest absolute Gasteiger partial charge is 0.396 e. The first-order chi connectivity index (χ1) is 11.8. The molecule has 130 valence electrons. The van der Waals surface area contributed by atoms with Gasteiger partial charge in [0, 0.05) is 25.4 Å². The van der Waals surface area contributed by atoms with Crippen LogP contribution in [0.15, 0.2) is 29.4 Å². The van der Waals surface area contributed by atoms with Gasteiger partial charge in [-0.3, -0.25) is 4.57 Å². The van der Waals surface area contributed by atoms with Gasteiger partial charge in [-0.15, -0.1) is 10.2 Å². The van der Waals surface area contributed by atoms with Gasteiger partial charge in [0.05, 0.1) is 5.69 Å². The minimum Gasteiger partial charge on any atom is -0.396 e. The number of aliphatic hydroxyl groups is 1. The van der Waals surface area contributed by atoms with E-state index in [2.05, 4.69) is 50.9 Å². The molecule has 0 aliphatic carbocycles. The van der Waals surface area contributed by atoms with E-state index in [1.54, 1.807) is 11.8 Å². The molecule has 0 saturated carbocycles. The average Bonchev–Trinajstić information content (AvgIpc) is 3.24. The molecule has 24 heavy (non-hydrogen) atoms. The highest BCUT2D eigenvalue weighted by molar-refractivity contribution is 7.99. The van der Waals surface area contributed by atoms with Crippen molar-refractivity contribution < 1.29 is 5.11 Å². The number of rotatable bonds is 8. The predicted octanol–water partition coefficient (Wildman–Crippen LogP) is 3.43. The second-order valence-electron chi connectivity index (χ2n) is 6.28. The van der Waals surface area contributed by atoms with E-state index in [1.807, 2.05) is 0 Å². The highest BCUT2D eigenvalue weighted by Crippen LogP contribution is 2.29. The van der Waals surface area contributed by atoms with E-state index in [4.69, 9.17) is 5.11 Å². The van der Waals surface area contributed by atoms with Crippen molar-refractivity contribution in [2.24, 2.45) is 0 Å². The lowest BCUT2D eigenvalue weighted by Crippen LogP contribution is -2.22. The first-order valence-corrected chi connectivity index (χ1v) is 9.79. The minimum absolute atomic E-state index is 0.281. The minimum atomic E-state index is 0.281. The Morgan fingerprint density at radius 3 is 2.50 bits per heavy atom. The third-order valence-corrected chi connectivity index (χ3v) is 5.35. The van der Waals surface area contributed by atoms with Crippen molar-refractivity contribution in [2.75, 3.05) is 30.3 Å². The molecule has 1 saturated heterocycles. The Hall–Kier alpha value is -1.53. The quantitative estimate of drug-likeness (QED) is 0.586. The number of aromatic nitrogens is 3. The molecule has 1 aromatic carbocycles. The maximum atomic E-state index is 8.88. The summed E-state index contributed by atoms with van der Waals surface area (Å²) in [6.07, 6.45) is 5.48. The molecule has 0 atom stereocenters. The summed E-state index contributed by atoms with van der Waals surface area (Å²) in [5, 5.41) is 18.8. The zero-order valence-electron chi connectivity index (χ0n) is 14.3. The number of anilines is 1. The van der Waals surface area contributed by atoms with E-state index in [9.17, 15) is 0 Å². The Balaban J connectivity index is 1.81. The van der Waals surface area contributed by atoms with Gasteiger partial charge in [-0.2, -0.15) is 0 Å². The van der Waals surface area contributed by atoms with E-state index in [-0.39, 0.29) is 6.61 Å². The Morgan fingerprint density at radius 1 is 1.04 bits per heavy atom. The highest BCUT2D eigenvalue weighted by Gasteiger charge is 2.22. The molecule has 1 aromatic heterocycles. The number of hydrogen-bond acceptors (Lipinski definition) is 5.